The van der Waals surface area contributed by atoms with Crippen LogP contribution < -0.4 is 15.1 Å². The second-order valence-corrected chi connectivity index (χ2v) is 8.23. The third-order valence-corrected chi connectivity index (χ3v) is 6.01. The van der Waals surface area contributed by atoms with Crippen LogP contribution in [-0.4, -0.2) is 70.2 Å². The van der Waals surface area contributed by atoms with Gasteiger partial charge in [0.15, 0.2) is 0 Å². The number of rotatable bonds is 11. The maximum absolute atomic E-state index is 12.2. The van der Waals surface area contributed by atoms with Crippen molar-refractivity contribution in [3.8, 4) is 11.1 Å². The number of hydrogen-bond donors (Lipinski definition) is 1. The molecule has 0 aliphatic carbocycles. The molecule has 1 aliphatic rings. The molecule has 0 radical (unpaired) electrons. The molecule has 1 N–H and O–H groups in total. The molecule has 1 saturated heterocycles. The number of halogens is 1. The highest BCUT2D eigenvalue weighted by molar-refractivity contribution is 6.36. The van der Waals surface area contributed by atoms with Gasteiger partial charge in [-0.05, 0) is 30.2 Å². The Morgan fingerprint density at radius 2 is 1.80 bits per heavy atom. The third-order valence-electron chi connectivity index (χ3n) is 5.61. The zero-order chi connectivity index (χ0) is 25.8. The molecule has 0 unspecified atom stereocenters. The first-order chi connectivity index (χ1) is 16.9. The molecular formula is C26H35ClN4O4. The van der Waals surface area contributed by atoms with Crippen molar-refractivity contribution in [3.63, 3.8) is 0 Å². The number of anilines is 2. The Morgan fingerprint density at radius 1 is 1.09 bits per heavy atom. The lowest BCUT2D eigenvalue weighted by atomic mass is 10.0. The zero-order valence-corrected chi connectivity index (χ0v) is 21.7. The molecule has 0 aromatic heterocycles. The molecule has 1 heterocycles. The minimum Gasteiger partial charge on any atom is -0.383 e. The monoisotopic (exact) mass is 502 g/mol. The highest BCUT2D eigenvalue weighted by atomic mass is 35.5. The lowest BCUT2D eigenvalue weighted by Gasteiger charge is -2.28. The van der Waals surface area contributed by atoms with E-state index in [1.807, 2.05) is 57.3 Å². The van der Waals surface area contributed by atoms with Gasteiger partial charge in [0.05, 0.1) is 17.3 Å². The first-order valence-electron chi connectivity index (χ1n) is 11.8. The van der Waals surface area contributed by atoms with E-state index in [0.29, 0.717) is 37.0 Å². The summed E-state index contributed by atoms with van der Waals surface area (Å²) >= 11 is 6.67. The van der Waals surface area contributed by atoms with E-state index in [1.54, 1.807) is 18.1 Å². The van der Waals surface area contributed by atoms with Crippen LogP contribution in [0.1, 0.15) is 26.7 Å². The number of carbonyl (C=O) groups is 3. The number of carbonyl (C=O) groups excluding carboxylic acids is 3. The van der Waals surface area contributed by atoms with Crippen LogP contribution in [0.25, 0.3) is 11.1 Å². The van der Waals surface area contributed by atoms with Crippen molar-refractivity contribution >= 4 is 41.3 Å². The van der Waals surface area contributed by atoms with Gasteiger partial charge >= 0.3 is 6.03 Å². The number of urea groups is 1. The molecule has 1 aliphatic heterocycles. The topological polar surface area (TPSA) is 82.2 Å². The summed E-state index contributed by atoms with van der Waals surface area (Å²) in [7, 11) is 3.63. The van der Waals surface area contributed by atoms with E-state index in [1.165, 1.54) is 4.90 Å². The van der Waals surface area contributed by atoms with E-state index in [2.05, 4.69) is 10.2 Å². The van der Waals surface area contributed by atoms with Crippen LogP contribution in [0, 0.1) is 0 Å². The number of benzene rings is 2. The molecule has 0 spiro atoms. The second kappa shape index (κ2) is 14.3. The van der Waals surface area contributed by atoms with Crippen LogP contribution in [0.15, 0.2) is 42.5 Å². The lowest BCUT2D eigenvalue weighted by Crippen LogP contribution is -2.49. The molecule has 0 bridgehead atoms. The minimum atomic E-state index is -0.461. The second-order valence-electron chi connectivity index (χ2n) is 7.85. The summed E-state index contributed by atoms with van der Waals surface area (Å²) in [5.41, 5.74) is 3.37. The highest BCUT2D eigenvalue weighted by Gasteiger charge is 2.26. The average Bonchev–Trinajstić information content (AvgIpc) is 2.88. The van der Waals surface area contributed by atoms with Gasteiger partial charge in [0.2, 0.25) is 12.3 Å². The van der Waals surface area contributed by atoms with E-state index in [9.17, 15) is 14.4 Å². The van der Waals surface area contributed by atoms with Crippen LogP contribution in [0.2, 0.25) is 5.02 Å². The maximum Gasteiger partial charge on any atom is 0.328 e. The molecule has 0 atom stereocenters. The predicted octanol–water partition coefficient (Wildman–Crippen LogP) is 4.41. The Bertz CT molecular complexity index is 984. The SMILES string of the molecule is CC.COCCN(C=O)CCCN(C)c1ccc(-c2cccc(N3CCC(=O)NC3=O)c2Cl)cc1. The number of nitrogens with one attached hydrogen (secondary N) is 1. The Morgan fingerprint density at radius 3 is 2.43 bits per heavy atom. The Balaban J connectivity index is 0.00000210. The molecule has 2 aromatic rings. The number of ether oxygens (including phenoxy) is 1. The van der Waals surface area contributed by atoms with E-state index in [4.69, 9.17) is 16.3 Å². The van der Waals surface area contributed by atoms with Crippen LogP contribution in [0.5, 0.6) is 0 Å². The first kappa shape index (κ1) is 28.1. The molecule has 9 heteroatoms. The van der Waals surface area contributed by atoms with Gasteiger partial charge in [0.1, 0.15) is 0 Å². The van der Waals surface area contributed by atoms with Crippen molar-refractivity contribution in [2.45, 2.75) is 26.7 Å². The van der Waals surface area contributed by atoms with Gasteiger partial charge in [-0.3, -0.25) is 19.8 Å². The number of amides is 4. The van der Waals surface area contributed by atoms with Gasteiger partial charge in [-0.25, -0.2) is 4.79 Å². The van der Waals surface area contributed by atoms with Crippen LogP contribution >= 0.6 is 11.6 Å². The van der Waals surface area contributed by atoms with E-state index in [-0.39, 0.29) is 12.3 Å². The van der Waals surface area contributed by atoms with Gasteiger partial charge in [0, 0.05) is 58.0 Å². The van der Waals surface area contributed by atoms with Crippen molar-refractivity contribution in [2.75, 3.05) is 56.7 Å². The van der Waals surface area contributed by atoms with Crippen molar-refractivity contribution in [1.29, 1.82) is 0 Å². The van der Waals surface area contributed by atoms with Crippen LogP contribution in [0.4, 0.5) is 16.2 Å². The van der Waals surface area contributed by atoms with Crippen molar-refractivity contribution < 1.29 is 19.1 Å². The van der Waals surface area contributed by atoms with E-state index < -0.39 is 6.03 Å². The summed E-state index contributed by atoms with van der Waals surface area (Å²) in [5.74, 6) is -0.280. The Kier molecular flexibility index (Phi) is 11.5. The fourth-order valence-corrected chi connectivity index (χ4v) is 4.04. The van der Waals surface area contributed by atoms with Gasteiger partial charge in [-0.1, -0.05) is 49.7 Å². The summed E-state index contributed by atoms with van der Waals surface area (Å²) in [5, 5.41) is 2.79. The fourth-order valence-electron chi connectivity index (χ4n) is 3.71. The molecule has 1 fully saturated rings. The maximum atomic E-state index is 12.2. The first-order valence-corrected chi connectivity index (χ1v) is 12.2. The number of methoxy groups -OCH3 is 1. The summed E-state index contributed by atoms with van der Waals surface area (Å²) in [6.45, 7) is 6.89. The van der Waals surface area contributed by atoms with Crippen LogP contribution in [0.3, 0.4) is 0 Å². The van der Waals surface area contributed by atoms with Gasteiger partial charge < -0.3 is 14.5 Å². The van der Waals surface area contributed by atoms with Gasteiger partial charge in [-0.2, -0.15) is 0 Å². The lowest BCUT2D eigenvalue weighted by molar-refractivity contribution is -0.120. The summed E-state index contributed by atoms with van der Waals surface area (Å²) < 4.78 is 5.02. The standard InChI is InChI=1S/C24H29ClN4O4.C2H6/c1-27(12-4-13-28(17-30)15-16-33-2)19-9-7-18(8-10-19)20-5-3-6-21(23(20)25)29-14-11-22(31)26-24(29)32;1-2/h3,5-10,17H,4,11-16H2,1-2H3,(H,26,31,32);1-2H3. The Hall–Kier alpha value is -3.10. The highest BCUT2D eigenvalue weighted by Crippen LogP contribution is 2.37. The molecule has 4 amide bonds. The third kappa shape index (κ3) is 7.70. The van der Waals surface area contributed by atoms with Gasteiger partial charge in [-0.15, -0.1) is 0 Å². The molecule has 2 aromatic carbocycles. The molecule has 8 nitrogen and oxygen atoms in total. The predicted molar refractivity (Wildman–Crippen MR) is 141 cm³/mol. The number of hydrogen-bond acceptors (Lipinski definition) is 5. The largest absolute Gasteiger partial charge is 0.383 e. The normalized spacial score (nSPS) is 13.0. The number of nitrogens with zero attached hydrogens (tertiary/aromatic N) is 3. The molecule has 3 rings (SSSR count). The Labute approximate surface area is 212 Å². The number of imide groups is 1. The minimum absolute atomic E-state index is 0.240. The zero-order valence-electron chi connectivity index (χ0n) is 20.9. The molecule has 35 heavy (non-hydrogen) atoms. The average molecular weight is 503 g/mol. The fraction of sp³-hybridized carbons (Fsp3) is 0.423. The summed E-state index contributed by atoms with van der Waals surface area (Å²) in [6.07, 6.45) is 1.94. The molecule has 190 valence electrons. The van der Waals surface area contributed by atoms with Gasteiger partial charge in [0.25, 0.3) is 0 Å². The summed E-state index contributed by atoms with van der Waals surface area (Å²) in [4.78, 5) is 40.1. The van der Waals surface area contributed by atoms with Crippen molar-refractivity contribution in [1.82, 2.24) is 10.2 Å². The quantitative estimate of drug-likeness (QED) is 0.460. The van der Waals surface area contributed by atoms with E-state index in [0.717, 1.165) is 36.2 Å². The molecular weight excluding hydrogens is 468 g/mol. The summed E-state index contributed by atoms with van der Waals surface area (Å²) in [6, 6.07) is 13.1. The molecule has 0 saturated carbocycles. The van der Waals surface area contributed by atoms with Crippen molar-refractivity contribution in [2.24, 2.45) is 0 Å². The van der Waals surface area contributed by atoms with Crippen LogP contribution in [-0.2, 0) is 14.3 Å². The smallest absolute Gasteiger partial charge is 0.328 e. The van der Waals surface area contributed by atoms with E-state index >= 15 is 0 Å². The van der Waals surface area contributed by atoms with Crippen molar-refractivity contribution in [3.05, 3.63) is 47.5 Å².